The predicted octanol–water partition coefficient (Wildman–Crippen LogP) is 0.666. The predicted molar refractivity (Wildman–Crippen MR) is 71.2 cm³/mol. The summed E-state index contributed by atoms with van der Waals surface area (Å²) < 4.78 is 0. The van der Waals surface area contributed by atoms with Gasteiger partial charge in [-0.05, 0) is 19.8 Å². The molecule has 2 heterocycles. The maximum atomic E-state index is 11.3. The molecule has 0 saturated carbocycles. The van der Waals surface area contributed by atoms with Crippen LogP contribution in [0.15, 0.2) is 0 Å². The summed E-state index contributed by atoms with van der Waals surface area (Å²) in [5.74, 6) is -0.224. The molecule has 0 bridgehead atoms. The van der Waals surface area contributed by atoms with Gasteiger partial charge in [0, 0.05) is 19.6 Å². The van der Waals surface area contributed by atoms with Gasteiger partial charge in [-0.2, -0.15) is 0 Å². The average Bonchev–Trinajstić information content (AvgIpc) is 2.79. The standard InChI is InChI=1S/C11H19N5OS/c1-7-3-4-8(10(12)17)5-16(7)6-9-14-15-11(13-2)18-9/h7-8H,3-6H2,1-2H3,(H2,12,17)(H,13,15). The molecule has 0 radical (unpaired) electrons. The Labute approximate surface area is 111 Å². The fourth-order valence-corrected chi connectivity index (χ4v) is 2.94. The fourth-order valence-electron chi connectivity index (χ4n) is 2.22. The Hall–Kier alpha value is -1.21. The molecule has 1 fully saturated rings. The first-order valence-electron chi connectivity index (χ1n) is 6.13. The molecule has 2 rings (SSSR count). The van der Waals surface area contributed by atoms with Crippen LogP contribution in [0.4, 0.5) is 5.13 Å². The fraction of sp³-hybridized carbons (Fsp3) is 0.727. The van der Waals surface area contributed by atoms with Gasteiger partial charge < -0.3 is 11.1 Å². The summed E-state index contributed by atoms with van der Waals surface area (Å²) in [6.07, 6.45) is 1.90. The highest BCUT2D eigenvalue weighted by atomic mass is 32.1. The van der Waals surface area contributed by atoms with Crippen molar-refractivity contribution in [1.29, 1.82) is 0 Å². The molecule has 1 aromatic rings. The lowest BCUT2D eigenvalue weighted by atomic mass is 9.93. The maximum Gasteiger partial charge on any atom is 0.221 e. The molecule has 6 nitrogen and oxygen atoms in total. The first-order chi connectivity index (χ1) is 8.60. The molecule has 0 spiro atoms. The van der Waals surface area contributed by atoms with Crippen molar-refractivity contribution < 1.29 is 4.79 Å². The van der Waals surface area contributed by atoms with E-state index in [-0.39, 0.29) is 11.8 Å². The second-order valence-corrected chi connectivity index (χ2v) is 5.77. The van der Waals surface area contributed by atoms with Crippen LogP contribution in [0.25, 0.3) is 0 Å². The second-order valence-electron chi connectivity index (χ2n) is 4.71. The zero-order valence-electron chi connectivity index (χ0n) is 10.7. The molecular formula is C11H19N5OS. The van der Waals surface area contributed by atoms with E-state index in [1.165, 1.54) is 0 Å². The summed E-state index contributed by atoms with van der Waals surface area (Å²) in [7, 11) is 1.83. The minimum absolute atomic E-state index is 0.0297. The van der Waals surface area contributed by atoms with Crippen LogP contribution in [-0.2, 0) is 11.3 Å². The second kappa shape index (κ2) is 5.62. The highest BCUT2D eigenvalue weighted by Crippen LogP contribution is 2.25. The maximum absolute atomic E-state index is 11.3. The molecule has 1 amide bonds. The number of piperidine rings is 1. The van der Waals surface area contributed by atoms with Crippen LogP contribution in [0.1, 0.15) is 24.8 Å². The van der Waals surface area contributed by atoms with Crippen molar-refractivity contribution in [3.63, 3.8) is 0 Å². The van der Waals surface area contributed by atoms with Crippen LogP contribution in [0.5, 0.6) is 0 Å². The van der Waals surface area contributed by atoms with E-state index in [4.69, 9.17) is 5.73 Å². The third-order valence-corrected chi connectivity index (χ3v) is 4.36. The number of aromatic nitrogens is 2. The van der Waals surface area contributed by atoms with Gasteiger partial charge in [0.1, 0.15) is 5.01 Å². The third-order valence-electron chi connectivity index (χ3n) is 3.43. The van der Waals surface area contributed by atoms with Crippen molar-refractivity contribution in [2.24, 2.45) is 11.7 Å². The summed E-state index contributed by atoms with van der Waals surface area (Å²) >= 11 is 1.55. The van der Waals surface area contributed by atoms with Gasteiger partial charge in [-0.1, -0.05) is 11.3 Å². The Morgan fingerprint density at radius 2 is 2.33 bits per heavy atom. The van der Waals surface area contributed by atoms with Gasteiger partial charge in [0.25, 0.3) is 0 Å². The molecule has 1 aliphatic heterocycles. The van der Waals surface area contributed by atoms with Crippen molar-refractivity contribution >= 4 is 22.4 Å². The lowest BCUT2D eigenvalue weighted by molar-refractivity contribution is -0.124. The van der Waals surface area contributed by atoms with Crippen molar-refractivity contribution in [2.45, 2.75) is 32.4 Å². The average molecular weight is 269 g/mol. The van der Waals surface area contributed by atoms with Crippen LogP contribution in [0.2, 0.25) is 0 Å². The number of likely N-dealkylation sites (tertiary alicyclic amines) is 1. The van der Waals surface area contributed by atoms with Crippen molar-refractivity contribution in [1.82, 2.24) is 15.1 Å². The normalized spacial score (nSPS) is 25.0. The number of nitrogens with two attached hydrogens (primary N) is 1. The zero-order chi connectivity index (χ0) is 13.1. The monoisotopic (exact) mass is 269 g/mol. The number of nitrogens with zero attached hydrogens (tertiary/aromatic N) is 3. The number of primary amides is 1. The Morgan fingerprint density at radius 1 is 1.56 bits per heavy atom. The molecule has 18 heavy (non-hydrogen) atoms. The topological polar surface area (TPSA) is 84.1 Å². The number of amides is 1. The van der Waals surface area contributed by atoms with Crippen LogP contribution >= 0.6 is 11.3 Å². The lowest BCUT2D eigenvalue weighted by Gasteiger charge is -2.36. The summed E-state index contributed by atoms with van der Waals surface area (Å²) in [4.78, 5) is 13.5. The van der Waals surface area contributed by atoms with Crippen LogP contribution in [0, 0.1) is 5.92 Å². The number of anilines is 1. The lowest BCUT2D eigenvalue weighted by Crippen LogP contribution is -2.45. The summed E-state index contributed by atoms with van der Waals surface area (Å²) in [5, 5.41) is 12.9. The SMILES string of the molecule is CNc1nnc(CN2CC(C(N)=O)CCC2C)s1. The van der Waals surface area contributed by atoms with Gasteiger partial charge in [-0.25, -0.2) is 0 Å². The van der Waals surface area contributed by atoms with Gasteiger partial charge >= 0.3 is 0 Å². The molecule has 1 aromatic heterocycles. The summed E-state index contributed by atoms with van der Waals surface area (Å²) in [6.45, 7) is 3.65. The summed E-state index contributed by atoms with van der Waals surface area (Å²) in [5.41, 5.74) is 5.39. The number of carbonyl (C=O) groups is 1. The van der Waals surface area contributed by atoms with E-state index in [0.29, 0.717) is 6.04 Å². The van der Waals surface area contributed by atoms with Crippen LogP contribution < -0.4 is 11.1 Å². The number of hydrogen-bond donors (Lipinski definition) is 2. The van der Waals surface area contributed by atoms with Gasteiger partial charge in [0.05, 0.1) is 12.5 Å². The van der Waals surface area contributed by atoms with E-state index < -0.39 is 0 Å². The molecular weight excluding hydrogens is 250 g/mol. The number of carbonyl (C=O) groups excluding carboxylic acids is 1. The van der Waals surface area contributed by atoms with Crippen molar-refractivity contribution in [3.8, 4) is 0 Å². The van der Waals surface area contributed by atoms with Gasteiger partial charge in [-0.15, -0.1) is 10.2 Å². The highest BCUT2D eigenvalue weighted by molar-refractivity contribution is 7.15. The largest absolute Gasteiger partial charge is 0.369 e. The summed E-state index contributed by atoms with van der Waals surface area (Å²) in [6, 6.07) is 0.461. The number of rotatable bonds is 4. The first kappa shape index (κ1) is 13.2. The van der Waals surface area contributed by atoms with E-state index >= 15 is 0 Å². The Balaban J connectivity index is 1.99. The Kier molecular flexibility index (Phi) is 4.13. The van der Waals surface area contributed by atoms with Gasteiger partial charge in [0.15, 0.2) is 0 Å². The van der Waals surface area contributed by atoms with Crippen LogP contribution in [0.3, 0.4) is 0 Å². The smallest absolute Gasteiger partial charge is 0.221 e. The molecule has 2 atom stereocenters. The molecule has 100 valence electrons. The zero-order valence-corrected chi connectivity index (χ0v) is 11.5. The van der Waals surface area contributed by atoms with E-state index in [1.807, 2.05) is 7.05 Å². The molecule has 1 aliphatic rings. The molecule has 7 heteroatoms. The van der Waals surface area contributed by atoms with Gasteiger partial charge in [0.2, 0.25) is 11.0 Å². The molecule has 1 saturated heterocycles. The number of hydrogen-bond acceptors (Lipinski definition) is 6. The molecule has 3 N–H and O–H groups in total. The minimum atomic E-state index is -0.194. The van der Waals surface area contributed by atoms with E-state index in [1.54, 1.807) is 11.3 Å². The molecule has 2 unspecified atom stereocenters. The van der Waals surface area contributed by atoms with Crippen molar-refractivity contribution in [2.75, 3.05) is 18.9 Å². The first-order valence-corrected chi connectivity index (χ1v) is 6.95. The molecule has 0 aliphatic carbocycles. The van der Waals surface area contributed by atoms with E-state index in [0.717, 1.165) is 36.1 Å². The third kappa shape index (κ3) is 2.97. The Morgan fingerprint density at radius 3 is 2.94 bits per heavy atom. The minimum Gasteiger partial charge on any atom is -0.369 e. The van der Waals surface area contributed by atoms with E-state index in [2.05, 4.69) is 27.3 Å². The quantitative estimate of drug-likeness (QED) is 0.839. The number of nitrogens with one attached hydrogen (secondary N) is 1. The van der Waals surface area contributed by atoms with E-state index in [9.17, 15) is 4.79 Å². The van der Waals surface area contributed by atoms with Gasteiger partial charge in [-0.3, -0.25) is 9.69 Å². The Bertz CT molecular complexity index is 421. The molecule has 0 aromatic carbocycles. The highest BCUT2D eigenvalue weighted by Gasteiger charge is 2.29. The van der Waals surface area contributed by atoms with Crippen molar-refractivity contribution in [3.05, 3.63) is 5.01 Å². The van der Waals surface area contributed by atoms with Crippen LogP contribution in [-0.4, -0.2) is 40.6 Å².